The van der Waals surface area contributed by atoms with Crippen LogP contribution in [0, 0.1) is 0 Å². The maximum absolute atomic E-state index is 10.7. The number of benzene rings is 1. The zero-order valence-corrected chi connectivity index (χ0v) is 9.57. The highest BCUT2D eigenvalue weighted by atomic mass is 79.9. The van der Waals surface area contributed by atoms with Gasteiger partial charge < -0.3 is 5.32 Å². The van der Waals surface area contributed by atoms with E-state index < -0.39 is 0 Å². The molecule has 64 valence electrons. The number of halogens is 2. The fraction of sp³-hybridized carbons (Fsp3) is 0.125. The summed E-state index contributed by atoms with van der Waals surface area (Å²) in [5.74, 6) is -0.0655. The summed E-state index contributed by atoms with van der Waals surface area (Å²) >= 11 is 6.67. The van der Waals surface area contributed by atoms with Gasteiger partial charge in [0.25, 0.3) is 0 Å². The highest BCUT2D eigenvalue weighted by Crippen LogP contribution is 2.25. The van der Waals surface area contributed by atoms with Crippen LogP contribution in [0.5, 0.6) is 0 Å². The first-order valence-electron chi connectivity index (χ1n) is 3.32. The minimum absolute atomic E-state index is 0.0655. The average molecular weight is 293 g/mol. The number of rotatable bonds is 1. The third-order valence-electron chi connectivity index (χ3n) is 1.24. The van der Waals surface area contributed by atoms with E-state index in [4.69, 9.17) is 0 Å². The van der Waals surface area contributed by atoms with Gasteiger partial charge in [-0.05, 0) is 50.1 Å². The molecular weight excluding hydrogens is 286 g/mol. The van der Waals surface area contributed by atoms with Crippen molar-refractivity contribution in [3.05, 3.63) is 27.1 Å². The molecule has 1 aromatic carbocycles. The molecule has 0 radical (unpaired) electrons. The predicted molar refractivity (Wildman–Crippen MR) is 56.1 cm³/mol. The van der Waals surface area contributed by atoms with Gasteiger partial charge in [-0.25, -0.2) is 0 Å². The van der Waals surface area contributed by atoms with E-state index in [1.54, 1.807) is 0 Å². The van der Waals surface area contributed by atoms with Crippen LogP contribution in [0.1, 0.15) is 6.92 Å². The number of hydrogen-bond donors (Lipinski definition) is 1. The molecule has 12 heavy (non-hydrogen) atoms. The summed E-state index contributed by atoms with van der Waals surface area (Å²) in [7, 11) is 0. The Labute approximate surface area is 87.6 Å². The number of carbonyl (C=O) groups excluding carboxylic acids is 1. The molecule has 0 aliphatic heterocycles. The van der Waals surface area contributed by atoms with Gasteiger partial charge in [-0.1, -0.05) is 0 Å². The topological polar surface area (TPSA) is 29.1 Å². The van der Waals surface area contributed by atoms with Crippen LogP contribution in [0.4, 0.5) is 5.69 Å². The van der Waals surface area contributed by atoms with Crippen LogP contribution in [0.15, 0.2) is 27.1 Å². The molecule has 1 aromatic rings. The number of carbonyl (C=O) groups is 1. The molecule has 0 aliphatic carbocycles. The lowest BCUT2D eigenvalue weighted by molar-refractivity contribution is -0.114. The van der Waals surface area contributed by atoms with Crippen molar-refractivity contribution in [3.63, 3.8) is 0 Å². The summed E-state index contributed by atoms with van der Waals surface area (Å²) in [6, 6.07) is 5.54. The summed E-state index contributed by atoms with van der Waals surface area (Å²) < 4.78 is 1.89. The van der Waals surface area contributed by atoms with Crippen LogP contribution in [0.25, 0.3) is 0 Å². The van der Waals surface area contributed by atoms with Crippen molar-refractivity contribution in [1.82, 2.24) is 0 Å². The van der Waals surface area contributed by atoms with Gasteiger partial charge in [0.2, 0.25) is 5.91 Å². The van der Waals surface area contributed by atoms with Gasteiger partial charge in [0, 0.05) is 21.6 Å². The molecular formula is C8H7Br2NO. The fourth-order valence-corrected chi connectivity index (χ4v) is 1.40. The van der Waals surface area contributed by atoms with Crippen LogP contribution in [0.3, 0.4) is 0 Å². The van der Waals surface area contributed by atoms with E-state index in [2.05, 4.69) is 37.2 Å². The normalized spacial score (nSPS) is 9.58. The van der Waals surface area contributed by atoms with Gasteiger partial charge in [-0.2, -0.15) is 0 Å². The molecule has 1 rings (SSSR count). The maximum Gasteiger partial charge on any atom is 0.221 e. The molecule has 0 aromatic heterocycles. The van der Waals surface area contributed by atoms with Gasteiger partial charge in [0.05, 0.1) is 0 Å². The summed E-state index contributed by atoms with van der Waals surface area (Å²) in [5.41, 5.74) is 0.789. The molecule has 0 saturated heterocycles. The zero-order valence-electron chi connectivity index (χ0n) is 6.40. The Morgan fingerprint density at radius 2 is 2.00 bits per heavy atom. The quantitative estimate of drug-likeness (QED) is 0.846. The van der Waals surface area contributed by atoms with Crippen LogP contribution in [0.2, 0.25) is 0 Å². The summed E-state index contributed by atoms with van der Waals surface area (Å²) in [6.45, 7) is 1.48. The Kier molecular flexibility index (Phi) is 3.29. The second-order valence-electron chi connectivity index (χ2n) is 2.31. The Balaban J connectivity index is 2.89. The molecule has 0 heterocycles. The van der Waals surface area contributed by atoms with E-state index in [9.17, 15) is 4.79 Å². The molecule has 0 bridgehead atoms. The molecule has 0 saturated carbocycles. The molecule has 0 aliphatic rings. The zero-order chi connectivity index (χ0) is 9.14. The molecule has 1 amide bonds. The number of anilines is 1. The summed E-state index contributed by atoms with van der Waals surface area (Å²) in [5, 5.41) is 2.68. The first-order valence-corrected chi connectivity index (χ1v) is 4.91. The van der Waals surface area contributed by atoms with Crippen molar-refractivity contribution < 1.29 is 4.79 Å². The van der Waals surface area contributed by atoms with Gasteiger partial charge in [-0.15, -0.1) is 0 Å². The van der Waals surface area contributed by atoms with E-state index in [0.29, 0.717) is 0 Å². The van der Waals surface area contributed by atoms with Gasteiger partial charge in [0.15, 0.2) is 0 Å². The average Bonchev–Trinajstić information content (AvgIpc) is 1.96. The molecule has 1 N–H and O–H groups in total. The van der Waals surface area contributed by atoms with E-state index in [1.165, 1.54) is 6.92 Å². The lowest BCUT2D eigenvalue weighted by Crippen LogP contribution is -2.05. The summed E-state index contributed by atoms with van der Waals surface area (Å²) in [4.78, 5) is 10.7. The Bertz CT molecular complexity index is 312. The molecule has 0 fully saturated rings. The number of hydrogen-bond acceptors (Lipinski definition) is 1. The largest absolute Gasteiger partial charge is 0.326 e. The third-order valence-corrected chi connectivity index (χ3v) is 3.12. The lowest BCUT2D eigenvalue weighted by Gasteiger charge is -2.02. The van der Waals surface area contributed by atoms with E-state index in [1.807, 2.05) is 18.2 Å². The predicted octanol–water partition coefficient (Wildman–Crippen LogP) is 3.17. The first-order chi connectivity index (χ1) is 5.59. The van der Waals surface area contributed by atoms with E-state index in [-0.39, 0.29) is 5.91 Å². The van der Waals surface area contributed by atoms with Gasteiger partial charge in [0.1, 0.15) is 0 Å². The van der Waals surface area contributed by atoms with Crippen molar-refractivity contribution in [2.75, 3.05) is 5.32 Å². The molecule has 2 nitrogen and oxygen atoms in total. The monoisotopic (exact) mass is 291 g/mol. The van der Waals surface area contributed by atoms with Crippen LogP contribution in [-0.2, 0) is 4.79 Å². The van der Waals surface area contributed by atoms with E-state index in [0.717, 1.165) is 14.6 Å². The lowest BCUT2D eigenvalue weighted by atomic mass is 10.3. The Morgan fingerprint density at radius 3 is 2.50 bits per heavy atom. The molecule has 0 unspecified atom stereocenters. The molecule has 4 heteroatoms. The Morgan fingerprint density at radius 1 is 1.33 bits per heavy atom. The highest BCUT2D eigenvalue weighted by Gasteiger charge is 1.98. The van der Waals surface area contributed by atoms with Crippen molar-refractivity contribution in [2.45, 2.75) is 6.92 Å². The van der Waals surface area contributed by atoms with Crippen LogP contribution < -0.4 is 5.32 Å². The van der Waals surface area contributed by atoms with Gasteiger partial charge in [-0.3, -0.25) is 4.79 Å². The maximum atomic E-state index is 10.7. The molecule has 0 atom stereocenters. The van der Waals surface area contributed by atoms with Crippen molar-refractivity contribution in [2.24, 2.45) is 0 Å². The van der Waals surface area contributed by atoms with Crippen LogP contribution in [-0.4, -0.2) is 5.91 Å². The minimum Gasteiger partial charge on any atom is -0.326 e. The smallest absolute Gasteiger partial charge is 0.221 e. The second-order valence-corrected chi connectivity index (χ2v) is 4.02. The standard InChI is InChI=1S/C8H7Br2NO/c1-5(12)11-6-2-3-7(9)8(10)4-6/h2-4H,1H3,(H,11,12). The highest BCUT2D eigenvalue weighted by molar-refractivity contribution is 9.13. The Hall–Kier alpha value is -0.350. The van der Waals surface area contributed by atoms with Crippen molar-refractivity contribution in [1.29, 1.82) is 0 Å². The first kappa shape index (κ1) is 9.74. The fourth-order valence-electron chi connectivity index (χ4n) is 0.777. The molecule has 0 spiro atoms. The SMILES string of the molecule is CC(=O)Nc1ccc(Br)c(Br)c1. The third kappa shape index (κ3) is 2.60. The second kappa shape index (κ2) is 4.05. The van der Waals surface area contributed by atoms with Gasteiger partial charge >= 0.3 is 0 Å². The van der Waals surface area contributed by atoms with Crippen LogP contribution >= 0.6 is 31.9 Å². The number of nitrogens with one attached hydrogen (secondary N) is 1. The number of amides is 1. The summed E-state index contributed by atoms with van der Waals surface area (Å²) in [6.07, 6.45) is 0. The van der Waals surface area contributed by atoms with Crippen molar-refractivity contribution >= 4 is 43.5 Å². The van der Waals surface area contributed by atoms with E-state index >= 15 is 0 Å². The van der Waals surface area contributed by atoms with Crippen molar-refractivity contribution in [3.8, 4) is 0 Å². The minimum atomic E-state index is -0.0655.